The average molecular weight is 329 g/mol. The molecule has 1 fully saturated rings. The second-order valence-electron chi connectivity index (χ2n) is 5.77. The van der Waals surface area contributed by atoms with Gasteiger partial charge in [0.2, 0.25) is 0 Å². The number of fused-ring (bicyclic) bond motifs is 1. The molecule has 7 heteroatoms. The van der Waals surface area contributed by atoms with Crippen LogP contribution in [-0.4, -0.2) is 51.0 Å². The van der Waals surface area contributed by atoms with E-state index in [2.05, 4.69) is 23.8 Å². The highest BCUT2D eigenvalue weighted by atomic mass is 32.1. The molecule has 3 aromatic heterocycles. The van der Waals surface area contributed by atoms with E-state index in [1.54, 1.807) is 17.5 Å². The highest BCUT2D eigenvalue weighted by Crippen LogP contribution is 2.32. The van der Waals surface area contributed by atoms with Crippen molar-refractivity contribution >= 4 is 21.6 Å². The van der Waals surface area contributed by atoms with E-state index in [1.807, 2.05) is 16.9 Å². The van der Waals surface area contributed by atoms with Crippen LogP contribution in [0.25, 0.3) is 16.0 Å². The molecule has 3 aromatic rings. The predicted molar refractivity (Wildman–Crippen MR) is 90.1 cm³/mol. The SMILES string of the molecule is Cc1sc2nc(CN3CCOCC3)nc(-n3cccn3)c2c1C. The van der Waals surface area contributed by atoms with Gasteiger partial charge in [-0.05, 0) is 25.5 Å². The molecule has 23 heavy (non-hydrogen) atoms. The summed E-state index contributed by atoms with van der Waals surface area (Å²) in [7, 11) is 0. The normalized spacial score (nSPS) is 16.3. The highest BCUT2D eigenvalue weighted by molar-refractivity contribution is 7.18. The Bertz CT molecular complexity index is 821. The first-order chi connectivity index (χ1) is 11.2. The lowest BCUT2D eigenvalue weighted by molar-refractivity contribution is 0.0331. The van der Waals surface area contributed by atoms with Crippen molar-refractivity contribution in [2.24, 2.45) is 0 Å². The van der Waals surface area contributed by atoms with Crippen molar-refractivity contribution in [3.63, 3.8) is 0 Å². The maximum atomic E-state index is 5.41. The maximum absolute atomic E-state index is 5.41. The number of thiophene rings is 1. The molecule has 0 amide bonds. The molecular formula is C16H19N5OS. The number of nitrogens with zero attached hydrogens (tertiary/aromatic N) is 5. The number of hydrogen-bond donors (Lipinski definition) is 0. The van der Waals surface area contributed by atoms with Crippen molar-refractivity contribution in [2.75, 3.05) is 26.3 Å². The van der Waals surface area contributed by atoms with E-state index in [4.69, 9.17) is 14.7 Å². The summed E-state index contributed by atoms with van der Waals surface area (Å²) >= 11 is 1.73. The second kappa shape index (κ2) is 5.99. The Morgan fingerprint density at radius 3 is 2.78 bits per heavy atom. The van der Waals surface area contributed by atoms with Crippen molar-refractivity contribution in [1.82, 2.24) is 24.6 Å². The van der Waals surface area contributed by atoms with Crippen LogP contribution in [0, 0.1) is 13.8 Å². The summed E-state index contributed by atoms with van der Waals surface area (Å²) in [6, 6.07) is 1.92. The lowest BCUT2D eigenvalue weighted by Gasteiger charge is -2.25. The molecule has 1 aliphatic rings. The van der Waals surface area contributed by atoms with E-state index in [1.165, 1.54) is 10.4 Å². The average Bonchev–Trinajstić information content (AvgIpc) is 3.17. The molecule has 0 aliphatic carbocycles. The number of ether oxygens (including phenoxy) is 1. The Morgan fingerprint density at radius 2 is 2.04 bits per heavy atom. The van der Waals surface area contributed by atoms with E-state index < -0.39 is 0 Å². The zero-order chi connectivity index (χ0) is 15.8. The molecule has 1 aliphatic heterocycles. The monoisotopic (exact) mass is 329 g/mol. The van der Waals surface area contributed by atoms with Gasteiger partial charge in [-0.3, -0.25) is 4.90 Å². The van der Waals surface area contributed by atoms with Gasteiger partial charge in [0.05, 0.1) is 25.1 Å². The number of aromatic nitrogens is 4. The van der Waals surface area contributed by atoms with Gasteiger partial charge >= 0.3 is 0 Å². The van der Waals surface area contributed by atoms with Crippen LogP contribution in [0.4, 0.5) is 0 Å². The van der Waals surface area contributed by atoms with Crippen LogP contribution in [0.3, 0.4) is 0 Å². The topological polar surface area (TPSA) is 56.1 Å². The second-order valence-corrected chi connectivity index (χ2v) is 6.97. The third kappa shape index (κ3) is 2.75. The van der Waals surface area contributed by atoms with Gasteiger partial charge in [0.1, 0.15) is 10.7 Å². The highest BCUT2D eigenvalue weighted by Gasteiger charge is 2.18. The molecule has 0 spiro atoms. The van der Waals surface area contributed by atoms with Crippen LogP contribution in [0.15, 0.2) is 18.5 Å². The number of aryl methyl sites for hydroxylation is 2. The van der Waals surface area contributed by atoms with Crippen LogP contribution < -0.4 is 0 Å². The van der Waals surface area contributed by atoms with Gasteiger partial charge in [0.25, 0.3) is 0 Å². The lowest BCUT2D eigenvalue weighted by atomic mass is 10.2. The predicted octanol–water partition coefficient (Wildman–Crippen LogP) is 2.33. The molecule has 1 saturated heterocycles. The zero-order valence-corrected chi connectivity index (χ0v) is 14.1. The quantitative estimate of drug-likeness (QED) is 0.738. The van der Waals surface area contributed by atoms with E-state index >= 15 is 0 Å². The van der Waals surface area contributed by atoms with Gasteiger partial charge in [-0.2, -0.15) is 5.10 Å². The van der Waals surface area contributed by atoms with Crippen molar-refractivity contribution in [1.29, 1.82) is 0 Å². The molecule has 6 nitrogen and oxygen atoms in total. The molecule has 120 valence electrons. The fourth-order valence-corrected chi connectivity index (χ4v) is 3.90. The Balaban J connectivity index is 1.80. The number of hydrogen-bond acceptors (Lipinski definition) is 6. The van der Waals surface area contributed by atoms with Crippen LogP contribution in [0.5, 0.6) is 0 Å². The molecule has 0 unspecified atom stereocenters. The van der Waals surface area contributed by atoms with Gasteiger partial charge in [-0.15, -0.1) is 11.3 Å². The van der Waals surface area contributed by atoms with Crippen LogP contribution in [0.1, 0.15) is 16.3 Å². The van der Waals surface area contributed by atoms with Crippen LogP contribution in [0.2, 0.25) is 0 Å². The minimum atomic E-state index is 0.754. The van der Waals surface area contributed by atoms with Crippen LogP contribution >= 0.6 is 11.3 Å². The van der Waals surface area contributed by atoms with E-state index in [0.29, 0.717) is 0 Å². The van der Waals surface area contributed by atoms with Crippen molar-refractivity contribution in [3.05, 3.63) is 34.7 Å². The van der Waals surface area contributed by atoms with Crippen molar-refractivity contribution in [3.8, 4) is 5.82 Å². The summed E-state index contributed by atoms with van der Waals surface area (Å²) < 4.78 is 7.25. The first-order valence-electron chi connectivity index (χ1n) is 7.79. The zero-order valence-electron chi connectivity index (χ0n) is 13.3. The molecular weight excluding hydrogens is 310 g/mol. The molecule has 4 rings (SSSR count). The van der Waals surface area contributed by atoms with Gasteiger partial charge in [-0.1, -0.05) is 0 Å². The third-order valence-corrected chi connectivity index (χ3v) is 5.35. The number of rotatable bonds is 3. The molecule has 0 aromatic carbocycles. The summed E-state index contributed by atoms with van der Waals surface area (Å²) in [6.45, 7) is 8.45. The fraction of sp³-hybridized carbons (Fsp3) is 0.438. The first kappa shape index (κ1) is 14.7. The maximum Gasteiger partial charge on any atom is 0.166 e. The molecule has 0 atom stereocenters. The minimum absolute atomic E-state index is 0.754. The summed E-state index contributed by atoms with van der Waals surface area (Å²) in [5.74, 6) is 1.73. The standard InChI is InChI=1S/C16H19N5OS/c1-11-12(2)23-16-14(11)15(21-5-3-4-17-21)18-13(19-16)10-20-6-8-22-9-7-20/h3-5H,6-10H2,1-2H3. The fourth-order valence-electron chi connectivity index (χ4n) is 2.86. The molecule has 0 bridgehead atoms. The Hall–Kier alpha value is -1.83. The van der Waals surface area contributed by atoms with Crippen LogP contribution in [-0.2, 0) is 11.3 Å². The minimum Gasteiger partial charge on any atom is -0.379 e. The summed E-state index contributed by atoms with van der Waals surface area (Å²) in [4.78, 5) is 14.3. The summed E-state index contributed by atoms with van der Waals surface area (Å²) in [6.07, 6.45) is 3.72. The Kier molecular flexibility index (Phi) is 3.84. The van der Waals surface area contributed by atoms with E-state index in [9.17, 15) is 0 Å². The smallest absolute Gasteiger partial charge is 0.166 e. The van der Waals surface area contributed by atoms with Crippen molar-refractivity contribution in [2.45, 2.75) is 20.4 Å². The Labute approximate surface area is 138 Å². The molecule has 0 saturated carbocycles. The summed E-state index contributed by atoms with van der Waals surface area (Å²) in [5, 5.41) is 5.49. The van der Waals surface area contributed by atoms with Crippen molar-refractivity contribution < 1.29 is 4.74 Å². The van der Waals surface area contributed by atoms with E-state index in [-0.39, 0.29) is 0 Å². The molecule has 4 heterocycles. The Morgan fingerprint density at radius 1 is 1.22 bits per heavy atom. The summed E-state index contributed by atoms with van der Waals surface area (Å²) in [5.41, 5.74) is 1.24. The first-order valence-corrected chi connectivity index (χ1v) is 8.61. The van der Waals surface area contributed by atoms with Gasteiger partial charge in [0, 0.05) is 30.4 Å². The van der Waals surface area contributed by atoms with E-state index in [0.717, 1.165) is 54.7 Å². The number of morpholine rings is 1. The molecule has 0 N–H and O–H groups in total. The largest absolute Gasteiger partial charge is 0.379 e. The van der Waals surface area contributed by atoms with Gasteiger partial charge < -0.3 is 4.74 Å². The lowest BCUT2D eigenvalue weighted by Crippen LogP contribution is -2.36. The third-order valence-electron chi connectivity index (χ3n) is 4.25. The van der Waals surface area contributed by atoms with Gasteiger partial charge in [0.15, 0.2) is 5.82 Å². The molecule has 0 radical (unpaired) electrons. The van der Waals surface area contributed by atoms with Gasteiger partial charge in [-0.25, -0.2) is 14.6 Å².